The molecule has 1 heteroatoms. The number of rotatable bonds is 14. The summed E-state index contributed by atoms with van der Waals surface area (Å²) in [7, 11) is 0. The maximum atomic E-state index is 9.87. The molecule has 0 bridgehead atoms. The van der Waals surface area contributed by atoms with Gasteiger partial charge in [0, 0.05) is 13.3 Å². The summed E-state index contributed by atoms with van der Waals surface area (Å²) in [5, 5.41) is 6.39. The highest BCUT2D eigenvalue weighted by Crippen LogP contribution is 2.55. The highest BCUT2D eigenvalue weighted by molar-refractivity contribution is 6.10. The van der Waals surface area contributed by atoms with Gasteiger partial charge in [-0.2, -0.15) is 0 Å². The molecule has 1 aliphatic carbocycles. The van der Waals surface area contributed by atoms with Gasteiger partial charge in [0.15, 0.2) is 0 Å². The molecule has 2 unspecified atom stereocenters. The van der Waals surface area contributed by atoms with E-state index in [2.05, 4.69) is 141 Å². The molecule has 8 aromatic carbocycles. The molecule has 0 saturated heterocycles. The number of hydrogen-bond donors (Lipinski definition) is 0. The Kier molecular flexibility index (Phi) is 9.88. The number of allylic oxidation sites excluding steroid dienone is 7. The van der Waals surface area contributed by atoms with Crippen LogP contribution in [0.1, 0.15) is 45.3 Å². The largest absolute Gasteiger partial charge is 0.341 e. The van der Waals surface area contributed by atoms with Crippen LogP contribution < -0.4 is 0 Å². The molecular weight excluding hydrogens is 747 g/mol. The minimum Gasteiger partial charge on any atom is -0.341 e. The maximum absolute atomic E-state index is 9.87. The second kappa shape index (κ2) is 17.5. The molecule has 1 nitrogen and oxygen atoms in total. The monoisotopic (exact) mass is 799 g/mol. The van der Waals surface area contributed by atoms with Crippen molar-refractivity contribution >= 4 is 49.5 Å². The van der Waals surface area contributed by atoms with Crippen molar-refractivity contribution in [3.8, 4) is 0 Å². The molecule has 8 aromatic rings. The molecule has 0 radical (unpaired) electrons. The second-order valence-electron chi connectivity index (χ2n) is 15.5. The van der Waals surface area contributed by atoms with Crippen LogP contribution in [0.4, 0.5) is 0 Å². The maximum Gasteiger partial charge on any atom is 0.0714 e. The zero-order valence-corrected chi connectivity index (χ0v) is 34.6. The van der Waals surface area contributed by atoms with Crippen LogP contribution in [0.3, 0.4) is 0 Å². The first-order valence-corrected chi connectivity index (χ1v) is 20.9. The van der Waals surface area contributed by atoms with Gasteiger partial charge in [-0.05, 0) is 113 Å². The zero-order chi connectivity index (χ0) is 45.8. The Bertz CT molecular complexity index is 3280. The van der Waals surface area contributed by atoms with Crippen LogP contribution in [0.15, 0.2) is 262 Å². The molecule has 0 saturated carbocycles. The highest BCUT2D eigenvalue weighted by atomic mass is 15.1. The van der Waals surface area contributed by atoms with Crippen LogP contribution in [0, 0.1) is 0 Å². The average Bonchev–Trinajstić information content (AvgIpc) is 3.66. The van der Waals surface area contributed by atoms with Crippen molar-refractivity contribution in [1.82, 2.24) is 4.90 Å². The van der Waals surface area contributed by atoms with Gasteiger partial charge in [0.2, 0.25) is 0 Å². The van der Waals surface area contributed by atoms with Crippen LogP contribution in [0.2, 0.25) is 0 Å². The zero-order valence-electron chi connectivity index (χ0n) is 38.6. The summed E-state index contributed by atoms with van der Waals surface area (Å²) in [6, 6.07) is 60.8. The van der Waals surface area contributed by atoms with E-state index in [1.54, 1.807) is 11.0 Å². The Labute approximate surface area is 371 Å². The minimum atomic E-state index is -1.32. The standard InChI is InChI=1S/C61H49N/c1-5-53(30-21-25-50-43-49-24-15-16-31-55(49)57-33-18-17-32-56(50)57)62(45(4)37-36-44(3)47-39-38-46-22-13-14-23-48(46)42-47)41-40-60-54(6-2)58-34-19-20-35-59(58)61(60,51-26-9-7-10-27-51)52-28-11-8-12-29-52/h5-29,31-43,53H,1-4,30H2/b25-21+,37-36-,41-40+/i1D,5D,21D,30D/b5-1?,25-21+,37-36-,41-40+. The van der Waals surface area contributed by atoms with E-state index in [1.165, 1.54) is 0 Å². The van der Waals surface area contributed by atoms with Gasteiger partial charge >= 0.3 is 0 Å². The summed E-state index contributed by atoms with van der Waals surface area (Å²) in [6.45, 7) is 14.3. The van der Waals surface area contributed by atoms with Gasteiger partial charge in [-0.1, -0.05) is 220 Å². The Balaban J connectivity index is 1.20. The van der Waals surface area contributed by atoms with E-state index >= 15 is 0 Å². The van der Waals surface area contributed by atoms with E-state index < -0.39 is 17.9 Å². The SMILES string of the molecule is [2H]C=C([2H])C(C([2H])/C([2H])=C/c1cc2ccccc2c2ccccc12)N(/C=C/C1=C(C=C)c2ccccc2C1(c1ccccc1)c1ccccc1)C(=C)/C=C\C(=C)c1ccc2ccccc2c1. The molecule has 1 aliphatic rings. The number of nitrogens with zero attached hydrogens (tertiary/aromatic N) is 1. The second-order valence-corrected chi connectivity index (χ2v) is 15.5. The number of hydrogen-bond acceptors (Lipinski definition) is 1. The van der Waals surface area contributed by atoms with Gasteiger partial charge in [0.05, 0.1) is 15.6 Å². The average molecular weight is 800 g/mol. The predicted molar refractivity (Wildman–Crippen MR) is 268 cm³/mol. The molecule has 62 heavy (non-hydrogen) atoms. The summed E-state index contributed by atoms with van der Waals surface area (Å²) in [5.41, 5.74) is 8.38. The predicted octanol–water partition coefficient (Wildman–Crippen LogP) is 15.7. The fraction of sp³-hybridized carbons (Fsp3) is 0.0492. The normalized spacial score (nSPS) is 15.9. The van der Waals surface area contributed by atoms with Crippen LogP contribution >= 0.6 is 0 Å². The molecule has 0 amide bonds. The third-order valence-electron chi connectivity index (χ3n) is 12.0. The summed E-state index contributed by atoms with van der Waals surface area (Å²) >= 11 is 0. The molecule has 0 N–H and O–H groups in total. The molecule has 0 fully saturated rings. The van der Waals surface area contributed by atoms with E-state index in [0.717, 1.165) is 89.0 Å². The van der Waals surface area contributed by atoms with Gasteiger partial charge in [-0.25, -0.2) is 0 Å². The molecule has 0 heterocycles. The molecule has 0 aliphatic heterocycles. The Morgan fingerprint density at radius 1 is 0.645 bits per heavy atom. The summed E-state index contributed by atoms with van der Waals surface area (Å²) in [4.78, 5) is 1.77. The van der Waals surface area contributed by atoms with Crippen molar-refractivity contribution in [2.24, 2.45) is 0 Å². The Hall–Kier alpha value is -7.74. The van der Waals surface area contributed by atoms with E-state index in [0.29, 0.717) is 5.70 Å². The molecule has 0 spiro atoms. The van der Waals surface area contributed by atoms with Gasteiger partial charge in [0.25, 0.3) is 0 Å². The van der Waals surface area contributed by atoms with Crippen molar-refractivity contribution in [3.63, 3.8) is 0 Å². The number of fused-ring (bicyclic) bond motifs is 5. The lowest BCUT2D eigenvalue weighted by Gasteiger charge is -2.35. The van der Waals surface area contributed by atoms with Crippen molar-refractivity contribution in [2.75, 3.05) is 0 Å². The van der Waals surface area contributed by atoms with Gasteiger partial charge < -0.3 is 4.90 Å². The van der Waals surface area contributed by atoms with E-state index in [-0.39, 0.29) is 12.1 Å². The first-order chi connectivity index (χ1) is 32.2. The molecule has 2 atom stereocenters. The Morgan fingerprint density at radius 3 is 2.00 bits per heavy atom. The van der Waals surface area contributed by atoms with E-state index in [9.17, 15) is 4.11 Å². The smallest absolute Gasteiger partial charge is 0.0714 e. The minimum absolute atomic E-state index is 0.00928. The van der Waals surface area contributed by atoms with Crippen molar-refractivity contribution in [2.45, 2.75) is 17.9 Å². The Morgan fingerprint density at radius 2 is 1.27 bits per heavy atom. The third-order valence-corrected chi connectivity index (χ3v) is 12.0. The lowest BCUT2D eigenvalue weighted by Crippen LogP contribution is -2.30. The topological polar surface area (TPSA) is 3.24 Å². The highest BCUT2D eigenvalue weighted by Gasteiger charge is 2.46. The summed E-state index contributed by atoms with van der Waals surface area (Å²) in [5.74, 6) is 0. The van der Waals surface area contributed by atoms with Gasteiger partial charge in [0.1, 0.15) is 0 Å². The quantitative estimate of drug-likeness (QED) is 0.0602. The molecule has 298 valence electrons. The lowest BCUT2D eigenvalue weighted by atomic mass is 9.67. The van der Waals surface area contributed by atoms with Crippen LogP contribution in [0.25, 0.3) is 49.5 Å². The van der Waals surface area contributed by atoms with Crippen LogP contribution in [0.5, 0.6) is 0 Å². The van der Waals surface area contributed by atoms with E-state index in [1.807, 2.05) is 91.2 Å². The van der Waals surface area contributed by atoms with Crippen molar-refractivity contribution < 1.29 is 5.48 Å². The van der Waals surface area contributed by atoms with Gasteiger partial charge in [-0.3, -0.25) is 0 Å². The molecule has 9 rings (SSSR count). The first-order valence-electron chi connectivity index (χ1n) is 23.1. The van der Waals surface area contributed by atoms with Crippen LogP contribution in [-0.2, 0) is 5.41 Å². The van der Waals surface area contributed by atoms with Crippen LogP contribution in [-0.4, -0.2) is 10.9 Å². The third kappa shape index (κ3) is 7.29. The molecule has 0 aromatic heterocycles. The first kappa shape index (κ1) is 35.1. The molecular formula is C61H49N. The summed E-state index contributed by atoms with van der Waals surface area (Å²) < 4.78 is 37.3. The van der Waals surface area contributed by atoms with E-state index in [4.69, 9.17) is 1.37 Å². The number of benzene rings is 8. The fourth-order valence-corrected chi connectivity index (χ4v) is 9.07. The van der Waals surface area contributed by atoms with Crippen molar-refractivity contribution in [1.29, 1.82) is 0 Å². The van der Waals surface area contributed by atoms with Gasteiger partial charge in [-0.15, -0.1) is 6.55 Å². The fourth-order valence-electron chi connectivity index (χ4n) is 9.07. The lowest BCUT2D eigenvalue weighted by molar-refractivity contribution is 0.407. The summed E-state index contributed by atoms with van der Waals surface area (Å²) in [6.07, 6.45) is 9.99. The van der Waals surface area contributed by atoms with Crippen molar-refractivity contribution in [3.05, 3.63) is 296 Å².